The SMILES string of the molecule is C[C@H]1C[C@H](Oc2[nH+]cccc2Cl)CCN1C(=O)Cn1nc(C(=O)N2CC[C@@H](O)[C@@H](F)C2)c2c1CCC2. The van der Waals surface area contributed by atoms with E-state index in [4.69, 9.17) is 16.3 Å². The normalized spacial score (nSPS) is 26.1. The van der Waals surface area contributed by atoms with Crippen LogP contribution in [0.5, 0.6) is 5.88 Å². The van der Waals surface area contributed by atoms with Gasteiger partial charge >= 0.3 is 5.88 Å². The average Bonchev–Trinajstić information content (AvgIpc) is 3.46. The molecule has 1 aliphatic carbocycles. The molecule has 2 fully saturated rings. The number of alkyl halides is 1. The van der Waals surface area contributed by atoms with Gasteiger partial charge in [0, 0.05) is 49.3 Å². The number of nitrogens with one attached hydrogen (secondary N) is 1. The van der Waals surface area contributed by atoms with Gasteiger partial charge in [-0.05, 0) is 38.7 Å². The van der Waals surface area contributed by atoms with Crippen molar-refractivity contribution >= 4 is 23.4 Å². The fourth-order valence-electron chi connectivity index (χ4n) is 5.52. The summed E-state index contributed by atoms with van der Waals surface area (Å²) in [5, 5.41) is 14.7. The van der Waals surface area contributed by atoms with Gasteiger partial charge in [0.05, 0.1) is 12.6 Å². The van der Waals surface area contributed by atoms with E-state index in [0.29, 0.717) is 42.5 Å². The standard InChI is InChI=1S/C25H31ClFN5O4/c1-15-12-16(36-24-18(26)5-3-9-28-24)7-11-31(15)22(34)14-32-20-6-2-4-17(20)23(29-32)25(35)30-10-8-21(33)19(27)13-30/h3,5,9,15-16,19,21,33H,2,4,6-8,10-14H2,1H3/p+1/t15-,16+,19-,21+/m0/s1. The molecule has 3 aliphatic rings. The van der Waals surface area contributed by atoms with Crippen LogP contribution in [-0.2, 0) is 24.2 Å². The maximum Gasteiger partial charge on any atom is 0.385 e. The summed E-state index contributed by atoms with van der Waals surface area (Å²) < 4.78 is 21.7. The van der Waals surface area contributed by atoms with E-state index in [1.807, 2.05) is 11.8 Å². The van der Waals surface area contributed by atoms with E-state index in [9.17, 15) is 19.1 Å². The van der Waals surface area contributed by atoms with Crippen molar-refractivity contribution in [1.29, 1.82) is 0 Å². The maximum absolute atomic E-state index is 14.0. The average molecular weight is 521 g/mol. The van der Waals surface area contributed by atoms with E-state index in [-0.39, 0.29) is 43.5 Å². The summed E-state index contributed by atoms with van der Waals surface area (Å²) in [5.41, 5.74) is 2.10. The Morgan fingerprint density at radius 3 is 2.89 bits per heavy atom. The number of fused-ring (bicyclic) bond motifs is 1. The number of hydrogen-bond donors (Lipinski definition) is 1. The van der Waals surface area contributed by atoms with Crippen LogP contribution in [0.15, 0.2) is 18.3 Å². The number of aromatic nitrogens is 3. The molecule has 194 valence electrons. The second-order valence-electron chi connectivity index (χ2n) is 9.96. The summed E-state index contributed by atoms with van der Waals surface area (Å²) in [6.45, 7) is 2.78. The molecular formula is C25H32ClFN5O4+. The number of halogens is 2. The Bertz CT molecular complexity index is 1140. The number of amides is 2. The predicted octanol–water partition coefficient (Wildman–Crippen LogP) is 1.84. The molecule has 2 N–H and O–H groups in total. The molecule has 2 aliphatic heterocycles. The lowest BCUT2D eigenvalue weighted by Crippen LogP contribution is -2.49. The minimum atomic E-state index is -1.45. The number of H-pyrrole nitrogens is 1. The Kier molecular flexibility index (Phi) is 7.16. The van der Waals surface area contributed by atoms with Gasteiger partial charge in [-0.2, -0.15) is 10.1 Å². The molecule has 5 rings (SSSR count). The van der Waals surface area contributed by atoms with Gasteiger partial charge < -0.3 is 19.6 Å². The Labute approximate surface area is 214 Å². The van der Waals surface area contributed by atoms with Gasteiger partial charge in [-0.3, -0.25) is 14.3 Å². The van der Waals surface area contributed by atoms with Crippen LogP contribution in [0.25, 0.3) is 0 Å². The summed E-state index contributed by atoms with van der Waals surface area (Å²) in [6.07, 6.45) is 3.16. The van der Waals surface area contributed by atoms with Gasteiger partial charge in [0.25, 0.3) is 5.91 Å². The zero-order chi connectivity index (χ0) is 25.4. The molecule has 2 aromatic heterocycles. The van der Waals surface area contributed by atoms with E-state index >= 15 is 0 Å². The lowest BCUT2D eigenvalue weighted by molar-refractivity contribution is -0.397. The van der Waals surface area contributed by atoms with Gasteiger partial charge in [-0.1, -0.05) is 11.6 Å². The van der Waals surface area contributed by atoms with Crippen molar-refractivity contribution in [2.75, 3.05) is 19.6 Å². The molecule has 4 atom stereocenters. The molecule has 11 heteroatoms. The van der Waals surface area contributed by atoms with Gasteiger partial charge in [-0.25, -0.2) is 4.39 Å². The topological polar surface area (TPSA) is 102 Å². The largest absolute Gasteiger partial charge is 0.440 e. The first-order chi connectivity index (χ1) is 17.3. The molecule has 36 heavy (non-hydrogen) atoms. The fraction of sp³-hybridized carbons (Fsp3) is 0.600. The highest BCUT2D eigenvalue weighted by atomic mass is 35.5. The number of likely N-dealkylation sites (tertiary alicyclic amines) is 2. The highest BCUT2D eigenvalue weighted by Gasteiger charge is 2.36. The summed E-state index contributed by atoms with van der Waals surface area (Å²) in [6, 6.07) is 3.55. The smallest absolute Gasteiger partial charge is 0.385 e. The third-order valence-electron chi connectivity index (χ3n) is 7.49. The Balaban J connectivity index is 1.24. The molecular weight excluding hydrogens is 489 g/mol. The van der Waals surface area contributed by atoms with Gasteiger partial charge in [0.1, 0.15) is 18.8 Å². The van der Waals surface area contributed by atoms with Crippen LogP contribution >= 0.6 is 11.6 Å². The third-order valence-corrected chi connectivity index (χ3v) is 7.79. The summed E-state index contributed by atoms with van der Waals surface area (Å²) in [5.74, 6) is 0.158. The number of ether oxygens (including phenoxy) is 1. The van der Waals surface area contributed by atoms with Crippen LogP contribution in [0, 0.1) is 0 Å². The van der Waals surface area contributed by atoms with Crippen molar-refractivity contribution in [2.24, 2.45) is 0 Å². The number of aliphatic hydroxyl groups is 1. The third kappa shape index (κ3) is 4.93. The van der Waals surface area contributed by atoms with Crippen molar-refractivity contribution in [1.82, 2.24) is 19.6 Å². The molecule has 0 radical (unpaired) electrons. The van der Waals surface area contributed by atoms with Crippen LogP contribution in [0.1, 0.15) is 54.4 Å². The first-order valence-corrected chi connectivity index (χ1v) is 13.0. The molecule has 0 spiro atoms. The first-order valence-electron chi connectivity index (χ1n) is 12.6. The van der Waals surface area contributed by atoms with Crippen LogP contribution < -0.4 is 9.72 Å². The van der Waals surface area contributed by atoms with Crippen molar-refractivity contribution in [3.63, 3.8) is 0 Å². The van der Waals surface area contributed by atoms with Crippen LogP contribution in [-0.4, -0.2) is 80.6 Å². The van der Waals surface area contributed by atoms with Crippen LogP contribution in [0.3, 0.4) is 0 Å². The number of carbonyl (C=O) groups excluding carboxylic acids is 2. The predicted molar refractivity (Wildman–Crippen MR) is 129 cm³/mol. The fourth-order valence-corrected chi connectivity index (χ4v) is 5.69. The quantitative estimate of drug-likeness (QED) is 0.648. The molecule has 0 unspecified atom stereocenters. The number of nitrogens with zero attached hydrogens (tertiary/aromatic N) is 4. The minimum absolute atomic E-state index is 0.0234. The molecule has 0 bridgehead atoms. The van der Waals surface area contributed by atoms with E-state index < -0.39 is 12.3 Å². The molecule has 2 aromatic rings. The Morgan fingerprint density at radius 2 is 2.14 bits per heavy atom. The van der Waals surface area contributed by atoms with Gasteiger partial charge in [0.2, 0.25) is 5.91 Å². The molecule has 9 nitrogen and oxygen atoms in total. The zero-order valence-electron chi connectivity index (χ0n) is 20.3. The number of pyridine rings is 1. The number of piperidine rings is 2. The van der Waals surface area contributed by atoms with Crippen LogP contribution in [0.2, 0.25) is 5.02 Å². The summed E-state index contributed by atoms with van der Waals surface area (Å²) >= 11 is 6.20. The summed E-state index contributed by atoms with van der Waals surface area (Å²) in [7, 11) is 0. The number of aromatic amines is 1. The number of hydrogen-bond acceptors (Lipinski definition) is 5. The summed E-state index contributed by atoms with van der Waals surface area (Å²) in [4.78, 5) is 32.7. The highest BCUT2D eigenvalue weighted by molar-refractivity contribution is 6.31. The first kappa shape index (κ1) is 25.0. The Morgan fingerprint density at radius 1 is 1.31 bits per heavy atom. The van der Waals surface area contributed by atoms with Crippen molar-refractivity contribution in [3.8, 4) is 5.88 Å². The number of carbonyl (C=O) groups is 2. The van der Waals surface area contributed by atoms with Crippen molar-refractivity contribution in [2.45, 2.75) is 76.4 Å². The minimum Gasteiger partial charge on any atom is -0.440 e. The molecule has 4 heterocycles. The van der Waals surface area contributed by atoms with Gasteiger partial charge in [-0.15, -0.1) is 0 Å². The van der Waals surface area contributed by atoms with E-state index in [2.05, 4.69) is 10.1 Å². The van der Waals surface area contributed by atoms with Crippen LogP contribution in [0.4, 0.5) is 4.39 Å². The van der Waals surface area contributed by atoms with Crippen molar-refractivity contribution < 1.29 is 28.8 Å². The Hall–Kier alpha value is -2.72. The number of aliphatic hydroxyl groups excluding tert-OH is 1. The lowest BCUT2D eigenvalue weighted by Gasteiger charge is -2.37. The van der Waals surface area contributed by atoms with E-state index in [1.54, 1.807) is 23.0 Å². The van der Waals surface area contributed by atoms with E-state index in [1.165, 1.54) is 4.90 Å². The molecule has 0 aromatic carbocycles. The molecule has 0 saturated carbocycles. The monoisotopic (exact) mass is 520 g/mol. The highest BCUT2D eigenvalue weighted by Crippen LogP contribution is 2.29. The lowest BCUT2D eigenvalue weighted by atomic mass is 10.0. The second-order valence-corrected chi connectivity index (χ2v) is 10.4. The maximum atomic E-state index is 14.0. The molecule has 2 saturated heterocycles. The zero-order valence-corrected chi connectivity index (χ0v) is 21.1. The second kappa shape index (κ2) is 10.3. The van der Waals surface area contributed by atoms with E-state index in [0.717, 1.165) is 30.5 Å². The number of rotatable bonds is 5. The van der Waals surface area contributed by atoms with Gasteiger partial charge in [0.15, 0.2) is 16.9 Å². The van der Waals surface area contributed by atoms with Crippen molar-refractivity contribution in [3.05, 3.63) is 40.3 Å². The molecule has 2 amide bonds.